The van der Waals surface area contributed by atoms with E-state index in [2.05, 4.69) is 164 Å². The molecule has 12 rings (SSSR count). The second-order valence-electron chi connectivity index (χ2n) is 15.9. The molecule has 0 saturated heterocycles. The second kappa shape index (κ2) is 12.3. The molecule has 0 N–H and O–H groups in total. The molecular formula is C54H36N4. The number of aromatic nitrogens is 4. The van der Waals surface area contributed by atoms with Crippen LogP contribution in [0.2, 0.25) is 0 Å². The van der Waals surface area contributed by atoms with Crippen LogP contribution in [0, 0.1) is 0 Å². The van der Waals surface area contributed by atoms with Gasteiger partial charge < -0.3 is 4.57 Å². The van der Waals surface area contributed by atoms with Crippen LogP contribution in [0.4, 0.5) is 0 Å². The van der Waals surface area contributed by atoms with E-state index >= 15 is 0 Å². The summed E-state index contributed by atoms with van der Waals surface area (Å²) in [6.07, 6.45) is 0. The van der Waals surface area contributed by atoms with Crippen LogP contribution < -0.4 is 0 Å². The molecule has 0 radical (unpaired) electrons. The predicted molar refractivity (Wildman–Crippen MR) is 241 cm³/mol. The molecule has 0 saturated carbocycles. The van der Waals surface area contributed by atoms with Crippen LogP contribution in [0.1, 0.15) is 25.0 Å². The molecule has 4 nitrogen and oxygen atoms in total. The van der Waals surface area contributed by atoms with Crippen LogP contribution >= 0.6 is 0 Å². The molecule has 0 spiro atoms. The highest BCUT2D eigenvalue weighted by atomic mass is 15.0. The normalized spacial score (nSPS) is 13.1. The minimum atomic E-state index is -0.125. The highest BCUT2D eigenvalue weighted by Crippen LogP contribution is 2.51. The van der Waals surface area contributed by atoms with Gasteiger partial charge in [0.25, 0.3) is 0 Å². The molecule has 4 heteroatoms. The van der Waals surface area contributed by atoms with E-state index in [0.29, 0.717) is 17.5 Å². The Morgan fingerprint density at radius 2 is 0.914 bits per heavy atom. The SMILES string of the molecule is CC1(C)c2ccccc2-c2cc3c4ccccc4n(-c4cccc5c6c(-c7nc(-c8ccccc8)nc(-c8ccccc8)n7)cccc6c6ccccc6c45)c3cc21. The van der Waals surface area contributed by atoms with Crippen LogP contribution in [-0.2, 0) is 5.41 Å². The molecule has 0 fully saturated rings. The standard InChI is InChI=1S/C54H36N4/c1-54(2)44-28-13-11-22-36(44)42-31-43-37-23-12-14-29-46(37)58(48(43)32-45(42)54)47-30-16-26-40-49-38(35-21-9-10-24-39(35)50(40)47)25-15-27-41(49)53-56-51(33-17-5-3-6-18-33)55-52(57-53)34-19-7-4-8-20-34/h3-32H,1-2H3. The largest absolute Gasteiger partial charge is 0.309 e. The molecule has 58 heavy (non-hydrogen) atoms. The van der Waals surface area contributed by atoms with Crippen molar-refractivity contribution in [1.82, 2.24) is 19.5 Å². The number of hydrogen-bond donors (Lipinski definition) is 0. The number of benzene rings is 9. The monoisotopic (exact) mass is 740 g/mol. The summed E-state index contributed by atoms with van der Waals surface area (Å²) in [7, 11) is 0. The molecule has 272 valence electrons. The van der Waals surface area contributed by atoms with Gasteiger partial charge in [-0.15, -0.1) is 0 Å². The maximum absolute atomic E-state index is 5.23. The Kier molecular flexibility index (Phi) is 6.94. The predicted octanol–water partition coefficient (Wildman–Crippen LogP) is 13.7. The van der Waals surface area contributed by atoms with E-state index in [1.807, 2.05) is 36.4 Å². The molecule has 0 unspecified atom stereocenters. The first-order chi connectivity index (χ1) is 28.5. The van der Waals surface area contributed by atoms with Crippen molar-refractivity contribution in [3.8, 4) is 51.0 Å². The Labute approximate surface area is 335 Å². The zero-order valence-electron chi connectivity index (χ0n) is 32.1. The molecule has 2 aromatic heterocycles. The van der Waals surface area contributed by atoms with E-state index in [1.54, 1.807) is 0 Å². The topological polar surface area (TPSA) is 43.6 Å². The number of rotatable bonds is 4. The minimum absolute atomic E-state index is 0.125. The summed E-state index contributed by atoms with van der Waals surface area (Å²) >= 11 is 0. The molecule has 0 bridgehead atoms. The van der Waals surface area contributed by atoms with E-state index in [4.69, 9.17) is 15.0 Å². The average Bonchev–Trinajstić information content (AvgIpc) is 3.73. The molecule has 11 aromatic rings. The van der Waals surface area contributed by atoms with Crippen molar-refractivity contribution in [3.63, 3.8) is 0 Å². The molecule has 2 heterocycles. The Morgan fingerprint density at radius 3 is 1.67 bits per heavy atom. The van der Waals surface area contributed by atoms with Gasteiger partial charge in [0.15, 0.2) is 17.5 Å². The lowest BCUT2D eigenvalue weighted by atomic mass is 9.82. The average molecular weight is 741 g/mol. The lowest BCUT2D eigenvalue weighted by Gasteiger charge is -2.22. The summed E-state index contributed by atoms with van der Waals surface area (Å²) in [5, 5.41) is 9.56. The maximum Gasteiger partial charge on any atom is 0.164 e. The Morgan fingerprint density at radius 1 is 0.362 bits per heavy atom. The van der Waals surface area contributed by atoms with Gasteiger partial charge in [0.05, 0.1) is 16.7 Å². The van der Waals surface area contributed by atoms with Crippen LogP contribution in [0.25, 0.3) is 105 Å². The second-order valence-corrected chi connectivity index (χ2v) is 15.9. The van der Waals surface area contributed by atoms with Crippen molar-refractivity contribution in [2.24, 2.45) is 0 Å². The fourth-order valence-electron chi connectivity index (χ4n) is 9.76. The molecule has 1 aliphatic rings. The molecular weight excluding hydrogens is 705 g/mol. The van der Waals surface area contributed by atoms with Crippen LogP contribution in [0.3, 0.4) is 0 Å². The highest BCUT2D eigenvalue weighted by Gasteiger charge is 2.36. The van der Waals surface area contributed by atoms with Gasteiger partial charge in [-0.3, -0.25) is 0 Å². The fraction of sp³-hybridized carbons (Fsp3) is 0.0556. The molecule has 9 aromatic carbocycles. The van der Waals surface area contributed by atoms with Crippen LogP contribution in [0.15, 0.2) is 182 Å². The van der Waals surface area contributed by atoms with Gasteiger partial charge in [-0.2, -0.15) is 0 Å². The van der Waals surface area contributed by atoms with Gasteiger partial charge in [-0.1, -0.05) is 172 Å². The summed E-state index contributed by atoms with van der Waals surface area (Å²) in [4.78, 5) is 15.5. The first kappa shape index (κ1) is 32.8. The van der Waals surface area contributed by atoms with Gasteiger partial charge in [-0.25, -0.2) is 15.0 Å². The van der Waals surface area contributed by atoms with Gasteiger partial charge in [0.1, 0.15) is 0 Å². The number of hydrogen-bond acceptors (Lipinski definition) is 3. The smallest absolute Gasteiger partial charge is 0.164 e. The van der Waals surface area contributed by atoms with Crippen molar-refractivity contribution in [2.45, 2.75) is 19.3 Å². The quantitative estimate of drug-likeness (QED) is 0.169. The Hall–Kier alpha value is -7.43. The fourth-order valence-corrected chi connectivity index (χ4v) is 9.76. The zero-order chi connectivity index (χ0) is 38.5. The third-order valence-electron chi connectivity index (χ3n) is 12.4. The van der Waals surface area contributed by atoms with E-state index in [0.717, 1.165) is 33.2 Å². The Bertz CT molecular complexity index is 3410. The van der Waals surface area contributed by atoms with Crippen LogP contribution in [0.5, 0.6) is 0 Å². The maximum atomic E-state index is 5.23. The van der Waals surface area contributed by atoms with Gasteiger partial charge in [-0.05, 0) is 68.1 Å². The van der Waals surface area contributed by atoms with Crippen molar-refractivity contribution < 1.29 is 0 Å². The molecule has 0 amide bonds. The van der Waals surface area contributed by atoms with Crippen molar-refractivity contribution >= 4 is 54.1 Å². The van der Waals surface area contributed by atoms with Crippen molar-refractivity contribution in [3.05, 3.63) is 193 Å². The summed E-state index contributed by atoms with van der Waals surface area (Å²) in [5.74, 6) is 1.94. The lowest BCUT2D eigenvalue weighted by Crippen LogP contribution is -2.15. The summed E-state index contributed by atoms with van der Waals surface area (Å²) in [5.41, 5.74) is 11.7. The third kappa shape index (κ3) is 4.66. The summed E-state index contributed by atoms with van der Waals surface area (Å²) in [6.45, 7) is 4.73. The summed E-state index contributed by atoms with van der Waals surface area (Å²) in [6, 6.07) is 65.3. The Balaban J connectivity index is 1.19. The van der Waals surface area contributed by atoms with Gasteiger partial charge in [0.2, 0.25) is 0 Å². The van der Waals surface area contributed by atoms with E-state index in [-0.39, 0.29) is 5.41 Å². The van der Waals surface area contributed by atoms with Gasteiger partial charge >= 0.3 is 0 Å². The number of fused-ring (bicyclic) bond motifs is 12. The highest BCUT2D eigenvalue weighted by molar-refractivity contribution is 6.30. The van der Waals surface area contributed by atoms with E-state index in [9.17, 15) is 0 Å². The van der Waals surface area contributed by atoms with Gasteiger partial charge in [0, 0.05) is 43.7 Å². The molecule has 0 aliphatic heterocycles. The first-order valence-electron chi connectivity index (χ1n) is 20.0. The summed E-state index contributed by atoms with van der Waals surface area (Å²) < 4.78 is 2.51. The van der Waals surface area contributed by atoms with E-state index in [1.165, 1.54) is 65.6 Å². The first-order valence-corrected chi connectivity index (χ1v) is 20.0. The van der Waals surface area contributed by atoms with Crippen molar-refractivity contribution in [1.29, 1.82) is 0 Å². The number of nitrogens with zero attached hydrogens (tertiary/aromatic N) is 4. The zero-order valence-corrected chi connectivity index (χ0v) is 32.1. The third-order valence-corrected chi connectivity index (χ3v) is 12.4. The minimum Gasteiger partial charge on any atom is -0.309 e. The molecule has 0 atom stereocenters. The number of para-hydroxylation sites is 1. The molecule has 1 aliphatic carbocycles. The lowest BCUT2D eigenvalue weighted by molar-refractivity contribution is 0.661. The van der Waals surface area contributed by atoms with E-state index < -0.39 is 0 Å². The van der Waals surface area contributed by atoms with Crippen molar-refractivity contribution in [2.75, 3.05) is 0 Å². The van der Waals surface area contributed by atoms with Crippen LogP contribution in [-0.4, -0.2) is 19.5 Å².